The molecule has 3 aromatic rings. The van der Waals surface area contributed by atoms with Crippen molar-refractivity contribution in [3.05, 3.63) is 29.4 Å². The number of aromatic nitrogens is 6. The number of aryl methyl sites for hydroxylation is 2. The number of carbonyl (C=O) groups is 1. The summed E-state index contributed by atoms with van der Waals surface area (Å²) in [5, 5.41) is 24.8. The van der Waals surface area contributed by atoms with Crippen molar-refractivity contribution in [3.63, 3.8) is 0 Å². The van der Waals surface area contributed by atoms with Gasteiger partial charge in [0.15, 0.2) is 0 Å². The molecule has 182 valence electrons. The van der Waals surface area contributed by atoms with Crippen molar-refractivity contribution >= 4 is 11.9 Å². The van der Waals surface area contributed by atoms with Crippen LogP contribution in [0.3, 0.4) is 0 Å². The smallest absolute Gasteiger partial charge is 0.306 e. The van der Waals surface area contributed by atoms with Crippen molar-refractivity contribution in [1.29, 1.82) is 0 Å². The predicted molar refractivity (Wildman–Crippen MR) is 120 cm³/mol. The highest BCUT2D eigenvalue weighted by Crippen LogP contribution is 2.30. The number of nitrogens with zero attached hydrogens (tertiary/aromatic N) is 6. The minimum Gasteiger partial charge on any atom is -0.489 e. The van der Waals surface area contributed by atoms with E-state index >= 15 is 0 Å². The summed E-state index contributed by atoms with van der Waals surface area (Å²) in [6.07, 6.45) is 3.32. The Morgan fingerprint density at radius 2 is 2.18 bits per heavy atom. The van der Waals surface area contributed by atoms with Crippen LogP contribution in [-0.4, -0.2) is 61.0 Å². The van der Waals surface area contributed by atoms with Gasteiger partial charge in [0.25, 0.3) is 5.95 Å². The van der Waals surface area contributed by atoms with Crippen LogP contribution in [0.25, 0.3) is 11.4 Å². The van der Waals surface area contributed by atoms with Gasteiger partial charge in [0.2, 0.25) is 5.89 Å². The molecule has 0 aromatic carbocycles. The lowest BCUT2D eigenvalue weighted by Crippen LogP contribution is -2.29. The summed E-state index contributed by atoms with van der Waals surface area (Å²) in [6, 6.07) is 3.69. The number of hydrogen-bond donors (Lipinski definition) is 2. The van der Waals surface area contributed by atoms with E-state index in [9.17, 15) is 9.90 Å². The van der Waals surface area contributed by atoms with E-state index in [1.807, 2.05) is 19.1 Å². The Morgan fingerprint density at radius 1 is 1.32 bits per heavy atom. The normalized spacial score (nSPS) is 18.1. The van der Waals surface area contributed by atoms with Crippen LogP contribution in [0, 0.1) is 12.8 Å². The first-order valence-electron chi connectivity index (χ1n) is 11.3. The molecule has 3 heterocycles. The zero-order valence-electron chi connectivity index (χ0n) is 19.5. The van der Waals surface area contributed by atoms with Crippen molar-refractivity contribution in [2.45, 2.75) is 51.7 Å². The average Bonchev–Trinajstić information content (AvgIpc) is 3.44. The molecule has 0 spiro atoms. The number of methoxy groups -OCH3 is 1. The van der Waals surface area contributed by atoms with Gasteiger partial charge in [0.1, 0.15) is 11.4 Å². The maximum Gasteiger partial charge on any atom is 0.306 e. The van der Waals surface area contributed by atoms with Crippen LogP contribution in [0.5, 0.6) is 5.75 Å². The van der Waals surface area contributed by atoms with E-state index in [0.29, 0.717) is 67.1 Å². The molecular weight excluding hydrogens is 442 g/mol. The minimum absolute atomic E-state index is 0.124. The first kappa shape index (κ1) is 23.6. The molecular formula is C22H29N7O5. The molecule has 4 rings (SSSR count). The highest BCUT2D eigenvalue weighted by Gasteiger charge is 2.28. The van der Waals surface area contributed by atoms with Gasteiger partial charge in [0, 0.05) is 14.2 Å². The summed E-state index contributed by atoms with van der Waals surface area (Å²) in [7, 11) is 3.42. The molecule has 12 heteroatoms. The summed E-state index contributed by atoms with van der Waals surface area (Å²) in [5.41, 5.74) is 2.81. The Morgan fingerprint density at radius 3 is 2.94 bits per heavy atom. The fraction of sp³-hybridized carbons (Fsp3) is 0.545. The van der Waals surface area contributed by atoms with E-state index in [0.717, 1.165) is 18.5 Å². The lowest BCUT2D eigenvalue weighted by molar-refractivity contribution is -0.143. The third-order valence-corrected chi connectivity index (χ3v) is 5.89. The van der Waals surface area contributed by atoms with Gasteiger partial charge in [-0.3, -0.25) is 4.79 Å². The summed E-state index contributed by atoms with van der Waals surface area (Å²) in [5.74, 6) is 0.413. The minimum atomic E-state index is -0.755. The number of rotatable bonds is 10. The van der Waals surface area contributed by atoms with Crippen molar-refractivity contribution in [2.75, 3.05) is 19.0 Å². The van der Waals surface area contributed by atoms with Crippen LogP contribution >= 0.6 is 0 Å². The van der Waals surface area contributed by atoms with Crippen LogP contribution in [0.1, 0.15) is 43.0 Å². The number of aliphatic carboxylic acids is 1. The van der Waals surface area contributed by atoms with Gasteiger partial charge >= 0.3 is 5.97 Å². The molecule has 0 unspecified atom stereocenters. The number of anilines is 1. The summed E-state index contributed by atoms with van der Waals surface area (Å²) >= 11 is 0. The second-order valence-corrected chi connectivity index (χ2v) is 8.34. The monoisotopic (exact) mass is 471 g/mol. The molecule has 0 amide bonds. The lowest BCUT2D eigenvalue weighted by atomic mass is 9.87. The zero-order valence-corrected chi connectivity index (χ0v) is 19.5. The Labute approximate surface area is 196 Å². The Balaban J connectivity index is 1.44. The highest BCUT2D eigenvalue weighted by molar-refractivity contribution is 5.70. The van der Waals surface area contributed by atoms with Gasteiger partial charge in [-0.2, -0.15) is 4.98 Å². The molecule has 0 bridgehead atoms. The third-order valence-electron chi connectivity index (χ3n) is 5.89. The number of hydrogen-bond acceptors (Lipinski definition) is 10. The van der Waals surface area contributed by atoms with Crippen LogP contribution in [0.15, 0.2) is 16.7 Å². The summed E-state index contributed by atoms with van der Waals surface area (Å²) < 4.78 is 18.0. The maximum absolute atomic E-state index is 11.3. The quantitative estimate of drug-likeness (QED) is 0.448. The van der Waals surface area contributed by atoms with E-state index in [2.05, 4.69) is 30.8 Å². The Kier molecular flexibility index (Phi) is 7.36. The average molecular weight is 472 g/mol. The van der Waals surface area contributed by atoms with Gasteiger partial charge in [-0.25, -0.2) is 9.67 Å². The Bertz CT molecular complexity index is 1130. The maximum atomic E-state index is 11.3. The number of nitrogens with one attached hydrogen (secondary N) is 1. The van der Waals surface area contributed by atoms with Crippen LogP contribution in [0.4, 0.5) is 5.95 Å². The third kappa shape index (κ3) is 5.50. The van der Waals surface area contributed by atoms with E-state index < -0.39 is 5.97 Å². The van der Waals surface area contributed by atoms with Gasteiger partial charge in [-0.15, -0.1) is 5.10 Å². The van der Waals surface area contributed by atoms with Crippen molar-refractivity contribution in [1.82, 2.24) is 30.1 Å². The fourth-order valence-corrected chi connectivity index (χ4v) is 4.01. The molecule has 1 fully saturated rings. The van der Waals surface area contributed by atoms with E-state index in [4.69, 9.17) is 14.0 Å². The van der Waals surface area contributed by atoms with Gasteiger partial charge in [0.05, 0.1) is 48.7 Å². The number of carboxylic acid groups (broad SMARTS) is 1. The SMILES string of the molecule is COCCc1nc(NCc2c(-c3ccc(O[C@H]4CCC[C@H](C(=O)O)C4)c(C)n3)nnn2C)no1. The molecule has 0 radical (unpaired) electrons. The van der Waals surface area contributed by atoms with E-state index in [1.54, 1.807) is 18.8 Å². The molecule has 12 nitrogen and oxygen atoms in total. The highest BCUT2D eigenvalue weighted by atomic mass is 16.5. The first-order chi connectivity index (χ1) is 16.4. The molecule has 34 heavy (non-hydrogen) atoms. The van der Waals surface area contributed by atoms with Crippen molar-refractivity contribution < 1.29 is 23.9 Å². The van der Waals surface area contributed by atoms with Gasteiger partial charge in [-0.05, 0) is 49.9 Å². The molecule has 1 saturated carbocycles. The molecule has 2 atom stereocenters. The largest absolute Gasteiger partial charge is 0.489 e. The molecule has 1 aliphatic rings. The van der Waals surface area contributed by atoms with Crippen LogP contribution in [0.2, 0.25) is 0 Å². The standard InChI is InChI=1S/C22H29N7O5/c1-13-18(33-15-6-4-5-14(11-15)21(30)31)8-7-16(24-13)20-17(29(2)28-26-20)12-23-22-25-19(34-27-22)9-10-32-3/h7-8,14-15H,4-6,9-12H2,1-3H3,(H,23,27)(H,30,31)/t14-,15-/m0/s1. The van der Waals surface area contributed by atoms with E-state index in [-0.39, 0.29) is 12.0 Å². The van der Waals surface area contributed by atoms with Gasteiger partial charge in [-0.1, -0.05) is 5.21 Å². The van der Waals surface area contributed by atoms with Crippen LogP contribution < -0.4 is 10.1 Å². The Hall–Kier alpha value is -3.54. The number of ether oxygens (including phenoxy) is 2. The van der Waals surface area contributed by atoms with Crippen molar-refractivity contribution in [2.24, 2.45) is 13.0 Å². The second kappa shape index (κ2) is 10.6. The fourth-order valence-electron chi connectivity index (χ4n) is 4.01. The zero-order chi connectivity index (χ0) is 24.1. The lowest BCUT2D eigenvalue weighted by Gasteiger charge is -2.27. The number of pyridine rings is 1. The van der Waals surface area contributed by atoms with E-state index in [1.165, 1.54) is 0 Å². The second-order valence-electron chi connectivity index (χ2n) is 8.34. The number of carboxylic acids is 1. The molecule has 3 aromatic heterocycles. The predicted octanol–water partition coefficient (Wildman–Crippen LogP) is 2.39. The van der Waals surface area contributed by atoms with Crippen molar-refractivity contribution in [3.8, 4) is 17.1 Å². The molecule has 2 N–H and O–H groups in total. The summed E-state index contributed by atoms with van der Waals surface area (Å²) in [4.78, 5) is 20.3. The molecule has 0 aliphatic heterocycles. The summed E-state index contributed by atoms with van der Waals surface area (Å²) in [6.45, 7) is 2.74. The molecule has 0 saturated heterocycles. The molecule has 1 aliphatic carbocycles. The topological polar surface area (TPSA) is 150 Å². The van der Waals surface area contributed by atoms with Gasteiger partial charge < -0.3 is 24.4 Å². The first-order valence-corrected chi connectivity index (χ1v) is 11.3. The van der Waals surface area contributed by atoms with Crippen LogP contribution in [-0.2, 0) is 29.5 Å².